The molecule has 3 aromatic rings. The second-order valence-electron chi connectivity index (χ2n) is 6.36. The molecule has 6 nitrogen and oxygen atoms in total. The first-order valence-corrected chi connectivity index (χ1v) is 9.97. The van der Waals surface area contributed by atoms with E-state index in [4.69, 9.17) is 9.47 Å². The minimum atomic E-state index is -0.222. The van der Waals surface area contributed by atoms with Gasteiger partial charge in [-0.05, 0) is 56.9 Å². The Bertz CT molecular complexity index is 970. The van der Waals surface area contributed by atoms with Gasteiger partial charge in [0.1, 0.15) is 11.5 Å². The maximum absolute atomic E-state index is 12.3. The molecule has 1 amide bonds. The predicted molar refractivity (Wildman–Crippen MR) is 106 cm³/mol. The molecule has 0 saturated heterocycles. The lowest BCUT2D eigenvalue weighted by atomic mass is 9.95. The SMILES string of the molecule is CCOc1ccc2nc(NC(=O)COc3ccnc4c3CCCC4)sc2c1. The second-order valence-corrected chi connectivity index (χ2v) is 7.39. The molecule has 2 heterocycles. The van der Waals surface area contributed by atoms with Crippen LogP contribution in [0.3, 0.4) is 0 Å². The van der Waals surface area contributed by atoms with Gasteiger partial charge in [-0.2, -0.15) is 0 Å². The number of nitrogens with one attached hydrogen (secondary N) is 1. The van der Waals surface area contributed by atoms with Gasteiger partial charge < -0.3 is 9.47 Å². The lowest BCUT2D eigenvalue weighted by Crippen LogP contribution is -2.21. The van der Waals surface area contributed by atoms with Gasteiger partial charge in [0.25, 0.3) is 5.91 Å². The number of pyridine rings is 1. The molecular formula is C20H21N3O3S. The summed E-state index contributed by atoms with van der Waals surface area (Å²) in [6.07, 6.45) is 5.98. The monoisotopic (exact) mass is 383 g/mol. The molecule has 2 aromatic heterocycles. The summed E-state index contributed by atoms with van der Waals surface area (Å²) in [5.41, 5.74) is 3.07. The van der Waals surface area contributed by atoms with Gasteiger partial charge >= 0.3 is 0 Å². The Hall–Kier alpha value is -2.67. The molecule has 0 radical (unpaired) electrons. The smallest absolute Gasteiger partial charge is 0.264 e. The van der Waals surface area contributed by atoms with E-state index in [1.54, 1.807) is 6.20 Å². The third-order valence-electron chi connectivity index (χ3n) is 4.47. The third kappa shape index (κ3) is 4.03. The summed E-state index contributed by atoms with van der Waals surface area (Å²) in [5.74, 6) is 1.35. The van der Waals surface area contributed by atoms with E-state index in [-0.39, 0.29) is 12.5 Å². The molecule has 0 aliphatic heterocycles. The van der Waals surface area contributed by atoms with Crippen LogP contribution in [0.1, 0.15) is 31.0 Å². The van der Waals surface area contributed by atoms with Crippen LogP contribution >= 0.6 is 11.3 Å². The number of hydrogen-bond acceptors (Lipinski definition) is 6. The number of benzene rings is 1. The normalized spacial score (nSPS) is 13.2. The molecule has 140 valence electrons. The van der Waals surface area contributed by atoms with Gasteiger partial charge in [0, 0.05) is 17.5 Å². The van der Waals surface area contributed by atoms with Crippen LogP contribution in [0, 0.1) is 0 Å². The Morgan fingerprint density at radius 3 is 3.00 bits per heavy atom. The lowest BCUT2D eigenvalue weighted by Gasteiger charge is -2.18. The first-order valence-electron chi connectivity index (χ1n) is 9.15. The van der Waals surface area contributed by atoms with Gasteiger partial charge in [0.15, 0.2) is 11.7 Å². The maximum Gasteiger partial charge on any atom is 0.264 e. The van der Waals surface area contributed by atoms with Crippen LogP contribution in [0.5, 0.6) is 11.5 Å². The van der Waals surface area contributed by atoms with Crippen molar-refractivity contribution in [2.75, 3.05) is 18.5 Å². The van der Waals surface area contributed by atoms with Crippen molar-refractivity contribution in [1.82, 2.24) is 9.97 Å². The first-order chi connectivity index (χ1) is 13.2. The zero-order chi connectivity index (χ0) is 18.6. The van der Waals surface area contributed by atoms with E-state index in [1.165, 1.54) is 11.3 Å². The molecule has 7 heteroatoms. The van der Waals surface area contributed by atoms with E-state index in [2.05, 4.69) is 15.3 Å². The lowest BCUT2D eigenvalue weighted by molar-refractivity contribution is -0.118. The molecule has 1 N–H and O–H groups in total. The molecule has 1 aliphatic rings. The van der Waals surface area contributed by atoms with Crippen molar-refractivity contribution in [1.29, 1.82) is 0 Å². The zero-order valence-electron chi connectivity index (χ0n) is 15.2. The van der Waals surface area contributed by atoms with E-state index in [0.717, 1.165) is 58.7 Å². The topological polar surface area (TPSA) is 73.3 Å². The van der Waals surface area contributed by atoms with Gasteiger partial charge in [-0.1, -0.05) is 11.3 Å². The Morgan fingerprint density at radius 2 is 2.11 bits per heavy atom. The van der Waals surface area contributed by atoms with Gasteiger partial charge in [-0.15, -0.1) is 0 Å². The summed E-state index contributed by atoms with van der Waals surface area (Å²) in [6.45, 7) is 2.52. The highest BCUT2D eigenvalue weighted by Crippen LogP contribution is 2.30. The van der Waals surface area contributed by atoms with E-state index < -0.39 is 0 Å². The Kier molecular flexibility index (Phi) is 5.20. The van der Waals surface area contributed by atoms with E-state index in [1.807, 2.05) is 31.2 Å². The highest BCUT2D eigenvalue weighted by atomic mass is 32.1. The number of carbonyl (C=O) groups is 1. The van der Waals surface area contributed by atoms with Gasteiger partial charge in [-0.3, -0.25) is 15.1 Å². The highest BCUT2D eigenvalue weighted by Gasteiger charge is 2.16. The molecule has 4 rings (SSSR count). The molecule has 1 aromatic carbocycles. The third-order valence-corrected chi connectivity index (χ3v) is 5.40. The molecule has 0 bridgehead atoms. The average Bonchev–Trinajstić information content (AvgIpc) is 3.08. The zero-order valence-corrected chi connectivity index (χ0v) is 16.0. The fraction of sp³-hybridized carbons (Fsp3) is 0.350. The Labute approximate surface area is 161 Å². The Balaban J connectivity index is 1.40. The second kappa shape index (κ2) is 7.92. The number of aromatic nitrogens is 2. The quantitative estimate of drug-likeness (QED) is 0.697. The van der Waals surface area contributed by atoms with Crippen molar-refractivity contribution >= 4 is 32.6 Å². The molecule has 0 spiro atoms. The van der Waals surface area contributed by atoms with Crippen molar-refractivity contribution in [2.24, 2.45) is 0 Å². The highest BCUT2D eigenvalue weighted by molar-refractivity contribution is 7.22. The van der Waals surface area contributed by atoms with Crippen LogP contribution in [-0.2, 0) is 17.6 Å². The summed E-state index contributed by atoms with van der Waals surface area (Å²) in [4.78, 5) is 21.2. The predicted octanol–water partition coefficient (Wildman–Crippen LogP) is 3.99. The number of hydrogen-bond donors (Lipinski definition) is 1. The minimum Gasteiger partial charge on any atom is -0.494 e. The van der Waals surface area contributed by atoms with Crippen LogP contribution in [0.2, 0.25) is 0 Å². The maximum atomic E-state index is 12.3. The van der Waals surface area contributed by atoms with Crippen LogP contribution in [0.25, 0.3) is 10.2 Å². The minimum absolute atomic E-state index is 0.0451. The molecule has 27 heavy (non-hydrogen) atoms. The van der Waals surface area contributed by atoms with Crippen molar-refractivity contribution < 1.29 is 14.3 Å². The number of thiazole rings is 1. The number of aryl methyl sites for hydroxylation is 1. The summed E-state index contributed by atoms with van der Waals surface area (Å²) in [6, 6.07) is 7.55. The van der Waals surface area contributed by atoms with E-state index in [9.17, 15) is 4.79 Å². The van der Waals surface area contributed by atoms with Crippen LogP contribution in [0.15, 0.2) is 30.5 Å². The fourth-order valence-corrected chi connectivity index (χ4v) is 4.15. The number of rotatable bonds is 6. The standard InChI is InChI=1S/C20H21N3O3S/c1-2-25-13-7-8-16-18(11-13)27-20(22-16)23-19(24)12-26-17-9-10-21-15-6-4-3-5-14(15)17/h7-11H,2-6,12H2,1H3,(H,22,23,24). The van der Waals surface area contributed by atoms with Crippen LogP contribution < -0.4 is 14.8 Å². The van der Waals surface area contributed by atoms with Crippen LogP contribution in [-0.4, -0.2) is 29.1 Å². The molecule has 1 aliphatic carbocycles. The van der Waals surface area contributed by atoms with E-state index in [0.29, 0.717) is 11.7 Å². The molecule has 0 saturated carbocycles. The summed E-state index contributed by atoms with van der Waals surface area (Å²) in [5, 5.41) is 3.38. The molecular weight excluding hydrogens is 362 g/mol. The number of nitrogens with zero attached hydrogens (tertiary/aromatic N) is 2. The molecule has 0 atom stereocenters. The summed E-state index contributed by atoms with van der Waals surface area (Å²) < 4.78 is 12.2. The van der Waals surface area contributed by atoms with Crippen molar-refractivity contribution in [3.63, 3.8) is 0 Å². The summed E-state index contributed by atoms with van der Waals surface area (Å²) in [7, 11) is 0. The largest absolute Gasteiger partial charge is 0.494 e. The number of amides is 1. The van der Waals surface area contributed by atoms with Crippen LogP contribution in [0.4, 0.5) is 5.13 Å². The number of carbonyl (C=O) groups excluding carboxylic acids is 1. The summed E-state index contributed by atoms with van der Waals surface area (Å²) >= 11 is 1.42. The number of fused-ring (bicyclic) bond motifs is 2. The van der Waals surface area contributed by atoms with Gasteiger partial charge in [-0.25, -0.2) is 4.98 Å². The van der Waals surface area contributed by atoms with E-state index >= 15 is 0 Å². The van der Waals surface area contributed by atoms with Crippen molar-refractivity contribution in [3.05, 3.63) is 41.7 Å². The fourth-order valence-electron chi connectivity index (χ4n) is 3.24. The first kappa shape index (κ1) is 17.7. The van der Waals surface area contributed by atoms with Gasteiger partial charge in [0.2, 0.25) is 0 Å². The van der Waals surface area contributed by atoms with Gasteiger partial charge in [0.05, 0.1) is 16.8 Å². The Morgan fingerprint density at radius 1 is 1.22 bits per heavy atom. The number of anilines is 1. The van der Waals surface area contributed by atoms with Crippen molar-refractivity contribution in [2.45, 2.75) is 32.6 Å². The molecule has 0 fully saturated rings. The average molecular weight is 383 g/mol. The molecule has 0 unspecified atom stereocenters. The van der Waals surface area contributed by atoms with Crippen molar-refractivity contribution in [3.8, 4) is 11.5 Å². The number of ether oxygens (including phenoxy) is 2.